The molecule has 0 aliphatic carbocycles. The Labute approximate surface area is 160 Å². The average molecular weight is 475 g/mol. The van der Waals surface area contributed by atoms with Crippen LogP contribution in [-0.4, -0.2) is 6.61 Å². The van der Waals surface area contributed by atoms with Crippen molar-refractivity contribution in [2.24, 2.45) is 0 Å². The molecule has 2 aromatic rings. The van der Waals surface area contributed by atoms with Gasteiger partial charge in [-0.05, 0) is 59.7 Å². The van der Waals surface area contributed by atoms with Crippen LogP contribution in [0.1, 0.15) is 30.5 Å². The zero-order valence-corrected chi connectivity index (χ0v) is 17.2. The first-order valence-corrected chi connectivity index (χ1v) is 10.7. The normalized spacial score (nSPS) is 19.8. The lowest BCUT2D eigenvalue weighted by atomic mass is 10.1. The molecular weight excluding hydrogens is 458 g/mol. The maximum atomic E-state index is 13.4. The predicted molar refractivity (Wildman–Crippen MR) is 108 cm³/mol. The summed E-state index contributed by atoms with van der Waals surface area (Å²) in [6.45, 7) is 4.19. The summed E-state index contributed by atoms with van der Waals surface area (Å²) in [5, 5.41) is 1.04. The Morgan fingerprint density at radius 2 is 2.00 bits per heavy atom. The summed E-state index contributed by atoms with van der Waals surface area (Å²) in [6.07, 6.45) is 0.924. The van der Waals surface area contributed by atoms with E-state index in [1.165, 1.54) is 5.56 Å². The molecule has 1 unspecified atom stereocenters. The molecule has 0 N–H and O–H groups in total. The van der Waals surface area contributed by atoms with Gasteiger partial charge in [0.25, 0.3) is 0 Å². The summed E-state index contributed by atoms with van der Waals surface area (Å²) in [5.74, 6) is 0.595. The molecule has 1 heterocycles. The third kappa shape index (κ3) is 3.30. The minimum atomic E-state index is -3.46. The summed E-state index contributed by atoms with van der Waals surface area (Å²) < 4.78 is 25.7. The Hall–Kier alpha value is -0.810. The molecule has 24 heavy (non-hydrogen) atoms. The van der Waals surface area contributed by atoms with Crippen molar-refractivity contribution in [1.29, 1.82) is 0 Å². The Bertz CT molecular complexity index is 863. The molecule has 2 aromatic carbocycles. The summed E-state index contributed by atoms with van der Waals surface area (Å²) >= 11 is 8.32. The predicted octanol–water partition coefficient (Wildman–Crippen LogP) is 6.05. The van der Waals surface area contributed by atoms with Gasteiger partial charge in [0.15, 0.2) is 5.76 Å². The summed E-state index contributed by atoms with van der Waals surface area (Å²) in [6, 6.07) is 13.4. The van der Waals surface area contributed by atoms with E-state index in [-0.39, 0.29) is 0 Å². The molecule has 1 atom stereocenters. The topological polar surface area (TPSA) is 35.5 Å². The summed E-state index contributed by atoms with van der Waals surface area (Å²) in [5.41, 5.74) is 2.94. The van der Waals surface area contributed by atoms with E-state index in [4.69, 9.17) is 20.6 Å². The van der Waals surface area contributed by atoms with Crippen LogP contribution in [0.15, 0.2) is 42.5 Å². The van der Waals surface area contributed by atoms with E-state index in [0.29, 0.717) is 22.7 Å². The van der Waals surface area contributed by atoms with Crippen molar-refractivity contribution >= 4 is 56.4 Å². The minimum Gasteiger partial charge on any atom is -0.419 e. The molecule has 6 heteroatoms. The van der Waals surface area contributed by atoms with Crippen LogP contribution in [0, 0.1) is 0 Å². The Kier molecular flexibility index (Phi) is 5.40. The van der Waals surface area contributed by atoms with Gasteiger partial charge in [0.2, 0.25) is 0 Å². The molecule has 0 fully saturated rings. The molecule has 3 rings (SSSR count). The Balaban J connectivity index is 2.21. The second-order valence-corrected chi connectivity index (χ2v) is 8.80. The van der Waals surface area contributed by atoms with Gasteiger partial charge in [0.05, 0.1) is 15.5 Å². The second kappa shape index (κ2) is 7.20. The number of fused-ring (bicyclic) bond motifs is 1. The van der Waals surface area contributed by atoms with Gasteiger partial charge in [-0.1, -0.05) is 42.8 Å². The van der Waals surface area contributed by atoms with Gasteiger partial charge in [0.1, 0.15) is 0 Å². The van der Waals surface area contributed by atoms with E-state index in [2.05, 4.69) is 41.6 Å². The van der Waals surface area contributed by atoms with Crippen LogP contribution < -0.4 is 5.30 Å². The van der Waals surface area contributed by atoms with Crippen molar-refractivity contribution in [3.8, 4) is 0 Å². The highest BCUT2D eigenvalue weighted by Crippen LogP contribution is 2.57. The SMILES string of the molecule is CCOP1(=O)OC(c2cccc(CC)c2)=C(I)c2ccc(Cl)cc21. The Morgan fingerprint density at radius 3 is 2.71 bits per heavy atom. The maximum Gasteiger partial charge on any atom is 0.411 e. The standard InChI is InChI=1S/C18H17ClIO3P/c1-3-12-6-5-7-13(10-12)18-17(20)15-9-8-14(19)11-16(15)24(21,23-18)22-4-2/h5-11H,3-4H2,1-2H3. The number of benzene rings is 2. The number of hydrogen-bond acceptors (Lipinski definition) is 3. The van der Waals surface area contributed by atoms with E-state index in [0.717, 1.165) is 21.1 Å². The summed E-state index contributed by atoms with van der Waals surface area (Å²) in [4.78, 5) is 0. The molecule has 1 aliphatic heterocycles. The molecule has 0 spiro atoms. The third-order valence-corrected chi connectivity index (χ3v) is 7.09. The molecule has 0 saturated heterocycles. The molecule has 0 saturated carbocycles. The van der Waals surface area contributed by atoms with Gasteiger partial charge in [-0.25, -0.2) is 4.57 Å². The Morgan fingerprint density at radius 1 is 1.21 bits per heavy atom. The maximum absolute atomic E-state index is 13.4. The van der Waals surface area contributed by atoms with Gasteiger partial charge in [-0.15, -0.1) is 0 Å². The van der Waals surface area contributed by atoms with E-state index in [1.54, 1.807) is 19.1 Å². The van der Waals surface area contributed by atoms with Crippen molar-refractivity contribution in [3.63, 3.8) is 0 Å². The van der Waals surface area contributed by atoms with Crippen molar-refractivity contribution in [2.45, 2.75) is 20.3 Å². The molecule has 3 nitrogen and oxygen atoms in total. The van der Waals surface area contributed by atoms with E-state index < -0.39 is 7.60 Å². The zero-order valence-electron chi connectivity index (χ0n) is 13.4. The number of rotatable bonds is 4. The van der Waals surface area contributed by atoms with E-state index >= 15 is 0 Å². The fourth-order valence-corrected chi connectivity index (χ4v) is 6.00. The highest BCUT2D eigenvalue weighted by molar-refractivity contribution is 14.1. The van der Waals surface area contributed by atoms with Crippen LogP contribution in [0.2, 0.25) is 5.02 Å². The fraction of sp³-hybridized carbons (Fsp3) is 0.222. The zero-order chi connectivity index (χ0) is 17.3. The van der Waals surface area contributed by atoms with E-state index in [9.17, 15) is 4.57 Å². The quantitative estimate of drug-likeness (QED) is 0.400. The van der Waals surface area contributed by atoms with Gasteiger partial charge in [-0.2, -0.15) is 0 Å². The lowest BCUT2D eigenvalue weighted by Gasteiger charge is -2.28. The van der Waals surface area contributed by atoms with Crippen LogP contribution in [0.4, 0.5) is 0 Å². The summed E-state index contributed by atoms with van der Waals surface area (Å²) in [7, 11) is -3.46. The lowest BCUT2D eigenvalue weighted by molar-refractivity contribution is 0.279. The smallest absolute Gasteiger partial charge is 0.411 e. The number of aryl methyl sites for hydroxylation is 1. The molecule has 1 aliphatic rings. The van der Waals surface area contributed by atoms with Gasteiger partial charge in [-0.3, -0.25) is 4.52 Å². The van der Waals surface area contributed by atoms with Crippen molar-refractivity contribution in [2.75, 3.05) is 6.61 Å². The first kappa shape index (κ1) is 18.0. The molecule has 0 bridgehead atoms. The van der Waals surface area contributed by atoms with E-state index in [1.807, 2.05) is 18.2 Å². The molecule has 0 radical (unpaired) electrons. The largest absolute Gasteiger partial charge is 0.419 e. The van der Waals surface area contributed by atoms with Gasteiger partial charge in [0, 0.05) is 16.1 Å². The molecule has 0 amide bonds. The minimum absolute atomic E-state index is 0.294. The van der Waals surface area contributed by atoms with Crippen LogP contribution in [0.25, 0.3) is 9.34 Å². The first-order chi connectivity index (χ1) is 11.5. The molecular formula is C18H17ClIO3P. The monoisotopic (exact) mass is 474 g/mol. The number of hydrogen-bond donors (Lipinski definition) is 0. The highest BCUT2D eigenvalue weighted by Gasteiger charge is 2.38. The van der Waals surface area contributed by atoms with Crippen LogP contribution >= 0.6 is 41.8 Å². The van der Waals surface area contributed by atoms with Crippen molar-refractivity contribution in [1.82, 2.24) is 0 Å². The second-order valence-electron chi connectivity index (χ2n) is 5.37. The number of halogens is 2. The molecule has 0 aromatic heterocycles. The average Bonchev–Trinajstić information content (AvgIpc) is 2.58. The third-order valence-electron chi connectivity index (χ3n) is 3.80. The van der Waals surface area contributed by atoms with Gasteiger partial charge >= 0.3 is 7.60 Å². The van der Waals surface area contributed by atoms with Gasteiger partial charge < -0.3 is 4.52 Å². The fourth-order valence-electron chi connectivity index (χ4n) is 2.63. The van der Waals surface area contributed by atoms with Crippen LogP contribution in [-0.2, 0) is 20.0 Å². The highest BCUT2D eigenvalue weighted by atomic mass is 127. The van der Waals surface area contributed by atoms with Crippen LogP contribution in [0.3, 0.4) is 0 Å². The van der Waals surface area contributed by atoms with Crippen LogP contribution in [0.5, 0.6) is 0 Å². The van der Waals surface area contributed by atoms with Crippen molar-refractivity contribution < 1.29 is 13.6 Å². The first-order valence-electron chi connectivity index (χ1n) is 7.72. The van der Waals surface area contributed by atoms with Crippen molar-refractivity contribution in [3.05, 3.63) is 64.2 Å². The lowest BCUT2D eigenvalue weighted by Crippen LogP contribution is -2.19. The molecule has 126 valence electrons.